The highest BCUT2D eigenvalue weighted by Crippen LogP contribution is 2.29. The molecule has 3 rings (SSSR count). The molecular weight excluding hydrogens is 249 g/mol. The fourth-order valence-electron chi connectivity index (χ4n) is 2.44. The topological polar surface area (TPSA) is 39.7 Å². The third-order valence-electron chi connectivity index (χ3n) is 3.38. The molecule has 0 bridgehead atoms. The zero-order chi connectivity index (χ0) is 13.1. The third-order valence-corrected chi connectivity index (χ3v) is 3.38. The maximum atomic E-state index is 13.1. The zero-order valence-electron chi connectivity index (χ0n) is 10.7. The van der Waals surface area contributed by atoms with Gasteiger partial charge in [-0.05, 0) is 18.2 Å². The van der Waals surface area contributed by atoms with E-state index in [2.05, 4.69) is 5.32 Å². The van der Waals surface area contributed by atoms with Gasteiger partial charge in [0.05, 0.1) is 25.9 Å². The smallest absolute Gasteiger partial charge is 0.126 e. The van der Waals surface area contributed by atoms with Gasteiger partial charge in [-0.3, -0.25) is 0 Å². The number of morpholine rings is 1. The predicted octanol–water partition coefficient (Wildman–Crippen LogP) is 1.13. The van der Waals surface area contributed by atoms with Crippen molar-refractivity contribution in [3.05, 3.63) is 29.6 Å². The lowest BCUT2D eigenvalue weighted by atomic mass is 10.1. The van der Waals surface area contributed by atoms with Gasteiger partial charge < -0.3 is 19.5 Å². The van der Waals surface area contributed by atoms with Crippen LogP contribution in [0.25, 0.3) is 0 Å². The first kappa shape index (κ1) is 12.8. The first-order valence-electron chi connectivity index (χ1n) is 6.66. The van der Waals surface area contributed by atoms with Crippen molar-refractivity contribution in [1.29, 1.82) is 0 Å². The molecule has 1 fully saturated rings. The molecule has 1 aromatic carbocycles. The molecule has 0 radical (unpaired) electrons. The molecular formula is C14H18FNO3. The van der Waals surface area contributed by atoms with E-state index in [0.717, 1.165) is 31.0 Å². The van der Waals surface area contributed by atoms with Gasteiger partial charge in [-0.25, -0.2) is 4.39 Å². The molecule has 2 heterocycles. The molecule has 1 N–H and O–H groups in total. The lowest BCUT2D eigenvalue weighted by Crippen LogP contribution is -2.41. The van der Waals surface area contributed by atoms with E-state index in [1.807, 2.05) is 0 Å². The number of rotatable bonds is 4. The van der Waals surface area contributed by atoms with E-state index >= 15 is 0 Å². The normalized spacial score (nSPS) is 25.9. The Morgan fingerprint density at radius 1 is 1.32 bits per heavy atom. The second-order valence-electron chi connectivity index (χ2n) is 4.93. The average molecular weight is 267 g/mol. The van der Waals surface area contributed by atoms with Gasteiger partial charge in [-0.1, -0.05) is 0 Å². The number of hydrogen-bond donors (Lipinski definition) is 1. The summed E-state index contributed by atoms with van der Waals surface area (Å²) in [6, 6.07) is 4.63. The summed E-state index contributed by atoms with van der Waals surface area (Å²) in [6.45, 7) is 3.55. The summed E-state index contributed by atoms with van der Waals surface area (Å²) >= 11 is 0. The highest BCUT2D eigenvalue weighted by molar-refractivity contribution is 5.37. The molecule has 2 aliphatic rings. The number of nitrogens with one attached hydrogen (secondary N) is 1. The van der Waals surface area contributed by atoms with Crippen molar-refractivity contribution in [2.45, 2.75) is 18.6 Å². The fourth-order valence-corrected chi connectivity index (χ4v) is 2.44. The third kappa shape index (κ3) is 3.23. The maximum absolute atomic E-state index is 13.1. The molecule has 0 aliphatic carbocycles. The summed E-state index contributed by atoms with van der Waals surface area (Å²) < 4.78 is 30.0. The summed E-state index contributed by atoms with van der Waals surface area (Å²) in [7, 11) is 0. The molecule has 2 aliphatic heterocycles. The molecule has 2 unspecified atom stereocenters. The first-order valence-corrected chi connectivity index (χ1v) is 6.66. The first-order chi connectivity index (χ1) is 9.31. The Labute approximate surface area is 111 Å². The molecule has 0 amide bonds. The zero-order valence-corrected chi connectivity index (χ0v) is 10.7. The van der Waals surface area contributed by atoms with Gasteiger partial charge in [0, 0.05) is 25.1 Å². The number of ether oxygens (including phenoxy) is 3. The van der Waals surface area contributed by atoms with Crippen LogP contribution < -0.4 is 10.1 Å². The van der Waals surface area contributed by atoms with Crippen molar-refractivity contribution in [2.24, 2.45) is 0 Å². The van der Waals surface area contributed by atoms with Crippen molar-refractivity contribution < 1.29 is 18.6 Å². The molecule has 0 aromatic heterocycles. The number of fused-ring (bicyclic) bond motifs is 1. The van der Waals surface area contributed by atoms with Crippen LogP contribution in [-0.2, 0) is 15.9 Å². The Balaban J connectivity index is 1.43. The van der Waals surface area contributed by atoms with Crippen LogP contribution in [0.5, 0.6) is 5.75 Å². The van der Waals surface area contributed by atoms with Crippen molar-refractivity contribution in [1.82, 2.24) is 5.32 Å². The van der Waals surface area contributed by atoms with Crippen LogP contribution in [0, 0.1) is 5.82 Å². The largest absolute Gasteiger partial charge is 0.487 e. The van der Waals surface area contributed by atoms with Gasteiger partial charge in [-0.2, -0.15) is 0 Å². The van der Waals surface area contributed by atoms with Gasteiger partial charge >= 0.3 is 0 Å². The Morgan fingerprint density at radius 2 is 2.21 bits per heavy atom. The van der Waals surface area contributed by atoms with E-state index < -0.39 is 0 Å². The lowest BCUT2D eigenvalue weighted by Gasteiger charge is -2.23. The van der Waals surface area contributed by atoms with Crippen molar-refractivity contribution in [3.8, 4) is 5.75 Å². The highest BCUT2D eigenvalue weighted by atomic mass is 19.1. The number of halogens is 1. The molecule has 1 saturated heterocycles. The maximum Gasteiger partial charge on any atom is 0.126 e. The van der Waals surface area contributed by atoms with Crippen molar-refractivity contribution in [3.63, 3.8) is 0 Å². The monoisotopic (exact) mass is 267 g/mol. The number of hydrogen-bond acceptors (Lipinski definition) is 4. The summed E-state index contributed by atoms with van der Waals surface area (Å²) in [5.41, 5.74) is 0.921. The van der Waals surface area contributed by atoms with Crippen LogP contribution in [0.4, 0.5) is 4.39 Å². The van der Waals surface area contributed by atoms with E-state index in [1.54, 1.807) is 6.07 Å². The molecule has 0 spiro atoms. The fraction of sp³-hybridized carbons (Fsp3) is 0.571. The van der Waals surface area contributed by atoms with E-state index in [1.165, 1.54) is 12.1 Å². The van der Waals surface area contributed by atoms with Gasteiger partial charge in [0.25, 0.3) is 0 Å². The summed E-state index contributed by atoms with van der Waals surface area (Å²) in [6.07, 6.45) is 0.806. The highest BCUT2D eigenvalue weighted by Gasteiger charge is 2.24. The van der Waals surface area contributed by atoms with Crippen LogP contribution in [0.15, 0.2) is 18.2 Å². The minimum atomic E-state index is -0.217. The van der Waals surface area contributed by atoms with Crippen LogP contribution >= 0.6 is 0 Å². The molecule has 104 valence electrons. The number of benzene rings is 1. The van der Waals surface area contributed by atoms with Gasteiger partial charge in [0.2, 0.25) is 0 Å². The molecule has 1 aromatic rings. The summed E-state index contributed by atoms with van der Waals surface area (Å²) in [5.74, 6) is 0.552. The molecule has 2 atom stereocenters. The average Bonchev–Trinajstić information content (AvgIpc) is 2.82. The molecule has 0 saturated carbocycles. The van der Waals surface area contributed by atoms with Gasteiger partial charge in [0.15, 0.2) is 0 Å². The Bertz CT molecular complexity index is 435. The second kappa shape index (κ2) is 5.86. The van der Waals surface area contributed by atoms with Gasteiger partial charge in [0.1, 0.15) is 17.7 Å². The minimum Gasteiger partial charge on any atom is -0.487 e. The molecule has 4 nitrogen and oxygen atoms in total. The minimum absolute atomic E-state index is 0.0200. The molecule has 19 heavy (non-hydrogen) atoms. The Hall–Kier alpha value is -1.17. The Morgan fingerprint density at radius 3 is 3.05 bits per heavy atom. The van der Waals surface area contributed by atoms with E-state index in [9.17, 15) is 4.39 Å². The van der Waals surface area contributed by atoms with E-state index in [0.29, 0.717) is 19.6 Å². The molecule has 5 heteroatoms. The van der Waals surface area contributed by atoms with Crippen molar-refractivity contribution >= 4 is 0 Å². The summed E-state index contributed by atoms with van der Waals surface area (Å²) in [5, 5.41) is 3.26. The van der Waals surface area contributed by atoms with Crippen LogP contribution in [0.1, 0.15) is 5.56 Å². The standard InChI is InChI=1S/C14H18FNO3/c15-11-1-2-14-10(5-11)6-12(19-14)8-17-9-13-7-16-3-4-18-13/h1-2,5,12-13,16H,3-4,6-9H2. The van der Waals surface area contributed by atoms with Crippen molar-refractivity contribution in [2.75, 3.05) is 32.9 Å². The summed E-state index contributed by atoms with van der Waals surface area (Å²) in [4.78, 5) is 0. The van der Waals surface area contributed by atoms with Crippen LogP contribution in [0.3, 0.4) is 0 Å². The Kier molecular flexibility index (Phi) is 3.96. The quantitative estimate of drug-likeness (QED) is 0.888. The predicted molar refractivity (Wildman–Crippen MR) is 67.9 cm³/mol. The van der Waals surface area contributed by atoms with Crippen LogP contribution in [-0.4, -0.2) is 45.1 Å². The SMILES string of the molecule is Fc1ccc2c(c1)CC(COCC1CNCCO1)O2. The van der Waals surface area contributed by atoms with E-state index in [-0.39, 0.29) is 18.0 Å². The lowest BCUT2D eigenvalue weighted by molar-refractivity contribution is -0.0440. The van der Waals surface area contributed by atoms with Gasteiger partial charge in [-0.15, -0.1) is 0 Å². The second-order valence-corrected chi connectivity index (χ2v) is 4.93. The van der Waals surface area contributed by atoms with Crippen LogP contribution in [0.2, 0.25) is 0 Å². The van der Waals surface area contributed by atoms with E-state index in [4.69, 9.17) is 14.2 Å².